The summed E-state index contributed by atoms with van der Waals surface area (Å²) >= 11 is 0. The van der Waals surface area contributed by atoms with Crippen LogP contribution in [0.4, 0.5) is 11.6 Å². The van der Waals surface area contributed by atoms with Crippen LogP contribution in [0.15, 0.2) is 6.07 Å². The number of carbonyl (C=O) groups is 4. The summed E-state index contributed by atoms with van der Waals surface area (Å²) in [7, 11) is 1.07. The number of carbonyl (C=O) groups excluding carboxylic acids is 4. The van der Waals surface area contributed by atoms with E-state index >= 15 is 0 Å². The van der Waals surface area contributed by atoms with Crippen molar-refractivity contribution in [1.29, 1.82) is 5.41 Å². The van der Waals surface area contributed by atoms with E-state index in [1.165, 1.54) is 6.07 Å². The molecule has 1 aromatic rings. The van der Waals surface area contributed by atoms with Gasteiger partial charge in [0.15, 0.2) is 18.3 Å². The Kier molecular flexibility index (Phi) is 8.91. The lowest BCUT2D eigenvalue weighted by Crippen LogP contribution is -2.65. The summed E-state index contributed by atoms with van der Waals surface area (Å²) in [4.78, 5) is 60.2. The second-order valence-electron chi connectivity index (χ2n) is 8.48. The van der Waals surface area contributed by atoms with E-state index in [-0.39, 0.29) is 5.82 Å². The number of piperidine rings is 1. The maximum atomic E-state index is 12.5. The van der Waals surface area contributed by atoms with Gasteiger partial charge in [-0.1, -0.05) is 0 Å². The number of nitrogens with one attached hydrogen (secondary N) is 1. The zero-order valence-corrected chi connectivity index (χ0v) is 21.0. The molecule has 0 bridgehead atoms. The molecule has 1 aromatic heterocycles. The van der Waals surface area contributed by atoms with Crippen molar-refractivity contribution in [1.82, 2.24) is 9.71 Å². The number of methoxy groups -OCH3 is 1. The van der Waals surface area contributed by atoms with Crippen LogP contribution in [0.2, 0.25) is 0 Å². The molecule has 204 valence electrons. The molecule has 0 spiro atoms. The number of rotatable bonds is 7. The fraction of sp³-hybridized carbons (Fsp3) is 0.636. The van der Waals surface area contributed by atoms with Gasteiger partial charge in [-0.2, -0.15) is 4.98 Å². The van der Waals surface area contributed by atoms with Crippen molar-refractivity contribution in [3.05, 3.63) is 11.7 Å². The van der Waals surface area contributed by atoms with Gasteiger partial charge in [-0.3, -0.25) is 19.8 Å². The molecule has 5 atom stereocenters. The average molecular weight is 526 g/mol. The summed E-state index contributed by atoms with van der Waals surface area (Å²) < 4.78 is 27.1. The van der Waals surface area contributed by atoms with Crippen LogP contribution in [0, 0.1) is 5.41 Å². The summed E-state index contributed by atoms with van der Waals surface area (Å²) in [6.07, 6.45) is -4.87. The first-order valence-electron chi connectivity index (χ1n) is 11.6. The Hall–Kier alpha value is -3.88. The molecule has 3 N–H and O–H groups in total. The minimum absolute atomic E-state index is 0.0356. The predicted molar refractivity (Wildman–Crippen MR) is 122 cm³/mol. The molecule has 2 aliphatic rings. The molecule has 3 rings (SSSR count). The third-order valence-corrected chi connectivity index (χ3v) is 5.65. The van der Waals surface area contributed by atoms with E-state index in [0.717, 1.165) is 65.0 Å². The number of nitrogens with two attached hydrogens (primary N) is 1. The Morgan fingerprint density at radius 1 is 0.973 bits per heavy atom. The van der Waals surface area contributed by atoms with Crippen molar-refractivity contribution < 1.29 is 47.7 Å². The number of anilines is 2. The molecular formula is C22H31N5O10. The number of ether oxygens (including phenoxy) is 5. The topological polar surface area (TPSA) is 195 Å². The van der Waals surface area contributed by atoms with Gasteiger partial charge in [0, 0.05) is 39.9 Å². The van der Waals surface area contributed by atoms with Gasteiger partial charge in [0.05, 0.1) is 7.11 Å². The van der Waals surface area contributed by atoms with E-state index in [9.17, 15) is 19.2 Å². The van der Waals surface area contributed by atoms with Gasteiger partial charge < -0.3 is 39.2 Å². The lowest BCUT2D eigenvalue weighted by Gasteiger charge is -2.42. The summed E-state index contributed by atoms with van der Waals surface area (Å²) in [5.41, 5.74) is 5.75. The van der Waals surface area contributed by atoms with Gasteiger partial charge in [-0.05, 0) is 19.3 Å². The van der Waals surface area contributed by atoms with Crippen LogP contribution in [-0.4, -0.2) is 84.5 Å². The van der Waals surface area contributed by atoms with Crippen LogP contribution in [0.1, 0.15) is 40.0 Å². The Bertz CT molecular complexity index is 1090. The molecule has 0 amide bonds. The van der Waals surface area contributed by atoms with Gasteiger partial charge in [0.2, 0.25) is 6.10 Å². The maximum absolute atomic E-state index is 12.5. The monoisotopic (exact) mass is 525 g/mol. The van der Waals surface area contributed by atoms with E-state index in [1.807, 2.05) is 4.90 Å². The molecule has 2 aliphatic heterocycles. The highest BCUT2D eigenvalue weighted by Gasteiger charge is 2.56. The minimum atomic E-state index is -1.66. The third kappa shape index (κ3) is 6.67. The van der Waals surface area contributed by atoms with Gasteiger partial charge in [-0.15, -0.1) is 4.73 Å². The van der Waals surface area contributed by atoms with Crippen molar-refractivity contribution in [3.8, 4) is 0 Å². The number of hydrogen-bond acceptors (Lipinski definition) is 14. The van der Waals surface area contributed by atoms with Crippen molar-refractivity contribution >= 4 is 35.5 Å². The standard InChI is InChI=1S/C22H31N5O10/c1-11(28)33-16-17(34-12(2)29)19(35-13(3)30)21(36-18(16)20(31)32-4)37-27-14(23)10-15(25-22(27)24)26-8-6-5-7-9-26/h10,16-19,21,24H,5-9,23H2,1-4H3. The first-order valence-corrected chi connectivity index (χ1v) is 11.6. The number of aromatic nitrogens is 2. The second-order valence-corrected chi connectivity index (χ2v) is 8.48. The molecule has 0 radical (unpaired) electrons. The zero-order valence-electron chi connectivity index (χ0n) is 21.0. The normalized spacial score (nSPS) is 25.5. The fourth-order valence-corrected chi connectivity index (χ4v) is 4.16. The zero-order chi connectivity index (χ0) is 27.3. The van der Waals surface area contributed by atoms with Crippen molar-refractivity contribution in [2.75, 3.05) is 30.8 Å². The average Bonchev–Trinajstić information content (AvgIpc) is 2.83. The smallest absolute Gasteiger partial charge is 0.339 e. The summed E-state index contributed by atoms with van der Waals surface area (Å²) in [5.74, 6) is -3.01. The largest absolute Gasteiger partial charge is 0.467 e. The van der Waals surface area contributed by atoms with Crippen molar-refractivity contribution in [2.24, 2.45) is 0 Å². The number of hydrogen-bond donors (Lipinski definition) is 2. The SMILES string of the molecule is COC(=O)C1OC(On2c(N)cc(N3CCCCC3)nc2=N)C(OC(C)=O)C(OC(C)=O)C1OC(C)=O. The minimum Gasteiger partial charge on any atom is -0.467 e. The van der Waals surface area contributed by atoms with Crippen molar-refractivity contribution in [2.45, 2.75) is 70.7 Å². The van der Waals surface area contributed by atoms with Gasteiger partial charge in [0.1, 0.15) is 11.6 Å². The summed E-state index contributed by atoms with van der Waals surface area (Å²) in [5, 5.41) is 8.37. The molecular weight excluding hydrogens is 494 g/mol. The predicted octanol–water partition coefficient (Wildman–Crippen LogP) is -0.943. The van der Waals surface area contributed by atoms with E-state index in [0.29, 0.717) is 5.82 Å². The number of nitrogen functional groups attached to an aromatic ring is 1. The molecule has 15 nitrogen and oxygen atoms in total. The summed E-state index contributed by atoms with van der Waals surface area (Å²) in [6.45, 7) is 4.76. The highest BCUT2D eigenvalue weighted by Crippen LogP contribution is 2.29. The quantitative estimate of drug-likeness (QED) is 0.327. The van der Waals surface area contributed by atoms with Crippen LogP contribution < -0.4 is 21.1 Å². The van der Waals surface area contributed by atoms with E-state index < -0.39 is 60.2 Å². The molecule has 3 heterocycles. The molecule has 0 aromatic carbocycles. The third-order valence-electron chi connectivity index (χ3n) is 5.65. The molecule has 0 aliphatic carbocycles. The second kappa shape index (κ2) is 11.9. The van der Waals surface area contributed by atoms with Crippen LogP contribution in [0.25, 0.3) is 0 Å². The van der Waals surface area contributed by atoms with Crippen LogP contribution in [0.5, 0.6) is 0 Å². The van der Waals surface area contributed by atoms with E-state index in [2.05, 4.69) is 4.98 Å². The van der Waals surface area contributed by atoms with Gasteiger partial charge in [-0.25, -0.2) is 4.79 Å². The highest BCUT2D eigenvalue weighted by atomic mass is 16.8. The lowest BCUT2D eigenvalue weighted by atomic mass is 9.98. The molecule has 0 saturated carbocycles. The Labute approximate surface area is 212 Å². The molecule has 5 unspecified atom stereocenters. The lowest BCUT2D eigenvalue weighted by molar-refractivity contribution is -0.301. The first kappa shape index (κ1) is 27.7. The van der Waals surface area contributed by atoms with Gasteiger partial charge >= 0.3 is 23.9 Å². The molecule has 37 heavy (non-hydrogen) atoms. The van der Waals surface area contributed by atoms with Gasteiger partial charge in [0.25, 0.3) is 11.9 Å². The Morgan fingerprint density at radius 2 is 1.54 bits per heavy atom. The maximum Gasteiger partial charge on any atom is 0.339 e. The first-order chi connectivity index (χ1) is 17.5. The molecule has 15 heteroatoms. The van der Waals surface area contributed by atoms with E-state index in [1.54, 1.807) is 0 Å². The van der Waals surface area contributed by atoms with Crippen molar-refractivity contribution in [3.63, 3.8) is 0 Å². The van der Waals surface area contributed by atoms with Crippen LogP contribution in [0.3, 0.4) is 0 Å². The fourth-order valence-electron chi connectivity index (χ4n) is 4.16. The summed E-state index contributed by atoms with van der Waals surface area (Å²) in [6, 6.07) is 1.51. The Morgan fingerprint density at radius 3 is 2.08 bits per heavy atom. The van der Waals surface area contributed by atoms with E-state index in [4.69, 9.17) is 39.7 Å². The van der Waals surface area contributed by atoms with Crippen LogP contribution >= 0.6 is 0 Å². The number of esters is 4. The number of nitrogens with zero attached hydrogens (tertiary/aromatic N) is 3. The highest BCUT2D eigenvalue weighted by molar-refractivity contribution is 5.77. The molecule has 2 saturated heterocycles. The van der Waals surface area contributed by atoms with Crippen LogP contribution in [-0.2, 0) is 42.9 Å². The molecule has 2 fully saturated rings. The Balaban J connectivity index is 2.01.